The molecular formula is C23H30N4O2. The summed E-state index contributed by atoms with van der Waals surface area (Å²) in [4.78, 5) is 16.4. The first-order valence-corrected chi connectivity index (χ1v) is 10.9. The molecule has 1 aliphatic heterocycles. The first-order valence-electron chi connectivity index (χ1n) is 10.9. The highest BCUT2D eigenvalue weighted by molar-refractivity contribution is 5.74. The van der Waals surface area contributed by atoms with E-state index in [1.807, 2.05) is 19.4 Å². The Kier molecular flexibility index (Phi) is 4.42. The topological polar surface area (TPSA) is 79.2 Å². The molecule has 2 aromatic rings. The van der Waals surface area contributed by atoms with E-state index in [1.165, 1.54) is 11.1 Å². The van der Waals surface area contributed by atoms with E-state index in [4.69, 9.17) is 0 Å². The zero-order chi connectivity index (χ0) is 20.1. The van der Waals surface area contributed by atoms with Gasteiger partial charge in [-0.05, 0) is 62.8 Å². The number of benzene rings is 1. The molecule has 1 aromatic heterocycles. The van der Waals surface area contributed by atoms with Crippen LogP contribution in [0.2, 0.25) is 0 Å². The van der Waals surface area contributed by atoms with E-state index in [-0.39, 0.29) is 29.1 Å². The van der Waals surface area contributed by atoms with Gasteiger partial charge in [0.05, 0.1) is 30.4 Å². The predicted octanol–water partition coefficient (Wildman–Crippen LogP) is 3.62. The zero-order valence-electron chi connectivity index (χ0n) is 17.0. The van der Waals surface area contributed by atoms with E-state index in [0.29, 0.717) is 6.54 Å². The van der Waals surface area contributed by atoms with Gasteiger partial charge in [-0.25, -0.2) is 9.78 Å². The van der Waals surface area contributed by atoms with Crippen molar-refractivity contribution >= 4 is 6.03 Å². The van der Waals surface area contributed by atoms with E-state index in [0.717, 1.165) is 50.6 Å². The number of fused-ring (bicyclic) bond motifs is 6. The van der Waals surface area contributed by atoms with E-state index in [1.54, 1.807) is 0 Å². The number of imidazole rings is 1. The SMILES string of the molecule is CCNC(=O)NC12CCC(C(O)CC3c4ccccc4-c4cncn43)(CC1)CC2. The van der Waals surface area contributed by atoms with Gasteiger partial charge in [0.25, 0.3) is 0 Å². The van der Waals surface area contributed by atoms with Crippen LogP contribution in [0.4, 0.5) is 4.79 Å². The second-order valence-electron chi connectivity index (χ2n) is 9.17. The molecule has 2 unspecified atom stereocenters. The summed E-state index contributed by atoms with van der Waals surface area (Å²) in [6.45, 7) is 2.58. The molecule has 3 fully saturated rings. The smallest absolute Gasteiger partial charge is 0.315 e. The molecule has 0 radical (unpaired) electrons. The van der Waals surface area contributed by atoms with Crippen LogP contribution in [0.3, 0.4) is 0 Å². The predicted molar refractivity (Wildman–Crippen MR) is 112 cm³/mol. The molecule has 2 atom stereocenters. The maximum absolute atomic E-state index is 12.1. The number of nitrogens with zero attached hydrogens (tertiary/aromatic N) is 2. The highest BCUT2D eigenvalue weighted by atomic mass is 16.3. The minimum atomic E-state index is -0.350. The Labute approximate surface area is 171 Å². The summed E-state index contributed by atoms with van der Waals surface area (Å²) in [5.74, 6) is 0. The highest BCUT2D eigenvalue weighted by Gasteiger charge is 2.52. The third-order valence-electron chi connectivity index (χ3n) is 7.77. The van der Waals surface area contributed by atoms with Crippen molar-refractivity contribution in [3.05, 3.63) is 42.4 Å². The molecule has 6 nitrogen and oxygen atoms in total. The number of amides is 2. The van der Waals surface area contributed by atoms with Gasteiger partial charge in [-0.3, -0.25) is 0 Å². The monoisotopic (exact) mass is 394 g/mol. The van der Waals surface area contributed by atoms with Crippen molar-refractivity contribution in [1.82, 2.24) is 20.2 Å². The number of aliphatic hydroxyl groups is 1. The average Bonchev–Trinajstić information content (AvgIpc) is 3.32. The van der Waals surface area contributed by atoms with Crippen molar-refractivity contribution in [2.75, 3.05) is 6.54 Å². The summed E-state index contributed by atoms with van der Waals surface area (Å²) in [7, 11) is 0. The number of nitrogens with one attached hydrogen (secondary N) is 2. The first kappa shape index (κ1) is 18.7. The van der Waals surface area contributed by atoms with Crippen LogP contribution in [0.5, 0.6) is 0 Å². The second-order valence-corrected chi connectivity index (χ2v) is 9.17. The zero-order valence-corrected chi connectivity index (χ0v) is 17.0. The normalized spacial score (nSPS) is 30.5. The lowest BCUT2D eigenvalue weighted by Gasteiger charge is -2.55. The van der Waals surface area contributed by atoms with Crippen LogP contribution in [0.1, 0.15) is 63.5 Å². The lowest BCUT2D eigenvalue weighted by atomic mass is 9.54. The Bertz CT molecular complexity index is 897. The number of rotatable bonds is 5. The molecule has 2 heterocycles. The summed E-state index contributed by atoms with van der Waals surface area (Å²) in [5.41, 5.74) is 3.56. The largest absolute Gasteiger partial charge is 0.392 e. The number of carbonyl (C=O) groups is 1. The number of hydrogen-bond donors (Lipinski definition) is 3. The van der Waals surface area contributed by atoms with Gasteiger partial charge in [-0.15, -0.1) is 0 Å². The van der Waals surface area contributed by atoms with Crippen molar-refractivity contribution in [3.63, 3.8) is 0 Å². The van der Waals surface area contributed by atoms with Crippen LogP contribution in [0.15, 0.2) is 36.8 Å². The molecule has 0 spiro atoms. The van der Waals surface area contributed by atoms with E-state index in [9.17, 15) is 9.90 Å². The van der Waals surface area contributed by atoms with Crippen LogP contribution in [-0.2, 0) is 0 Å². The van der Waals surface area contributed by atoms with Crippen molar-refractivity contribution in [2.45, 2.75) is 69.6 Å². The van der Waals surface area contributed by atoms with E-state index >= 15 is 0 Å². The molecule has 1 aromatic carbocycles. The molecule has 0 saturated heterocycles. The van der Waals surface area contributed by atoms with Crippen LogP contribution in [0, 0.1) is 5.41 Å². The summed E-state index contributed by atoms with van der Waals surface area (Å²) >= 11 is 0. The van der Waals surface area contributed by atoms with Crippen molar-refractivity contribution in [1.29, 1.82) is 0 Å². The first-order chi connectivity index (χ1) is 14.1. The number of carbonyl (C=O) groups excluding carboxylic acids is 1. The minimum absolute atomic E-state index is 0.0249. The summed E-state index contributed by atoms with van der Waals surface area (Å²) in [6, 6.07) is 8.57. The van der Waals surface area contributed by atoms with E-state index < -0.39 is 0 Å². The van der Waals surface area contributed by atoms with Gasteiger partial charge in [0.15, 0.2) is 0 Å². The fraction of sp³-hybridized carbons (Fsp3) is 0.565. The molecule has 3 N–H and O–H groups in total. The summed E-state index contributed by atoms with van der Waals surface area (Å²) in [6.07, 6.45) is 9.99. The third-order valence-corrected chi connectivity index (χ3v) is 7.77. The van der Waals surface area contributed by atoms with Gasteiger partial charge >= 0.3 is 6.03 Å². The second kappa shape index (κ2) is 6.87. The van der Waals surface area contributed by atoms with Gasteiger partial charge in [-0.1, -0.05) is 24.3 Å². The molecule has 6 heteroatoms. The van der Waals surface area contributed by atoms with Gasteiger partial charge in [0.2, 0.25) is 0 Å². The van der Waals surface area contributed by atoms with Crippen LogP contribution in [-0.4, -0.2) is 38.9 Å². The van der Waals surface area contributed by atoms with Gasteiger partial charge in [0.1, 0.15) is 0 Å². The Hall–Kier alpha value is -2.34. The molecular weight excluding hydrogens is 364 g/mol. The molecule has 4 aliphatic rings. The Morgan fingerprint density at radius 3 is 2.69 bits per heavy atom. The van der Waals surface area contributed by atoms with Gasteiger partial charge < -0.3 is 20.3 Å². The lowest BCUT2D eigenvalue weighted by molar-refractivity contribution is -0.0734. The van der Waals surface area contributed by atoms with Gasteiger partial charge in [0, 0.05) is 17.6 Å². The standard InChI is InChI=1S/C23H30N4O2/c1-2-25-21(29)26-23-10-7-22(8-11-23,9-12-23)20(28)13-18-16-5-3-4-6-17(16)19-14-24-15-27(18)19/h3-6,14-15,18,20,28H,2,7-13H2,1H3,(H2,25,26,29). The quantitative estimate of drug-likeness (QED) is 0.725. The fourth-order valence-corrected chi connectivity index (χ4v) is 5.98. The number of urea groups is 1. The Morgan fingerprint density at radius 1 is 1.24 bits per heavy atom. The number of hydrogen-bond acceptors (Lipinski definition) is 3. The molecule has 6 rings (SSSR count). The number of aliphatic hydroxyl groups excluding tert-OH is 1. The molecule has 3 saturated carbocycles. The van der Waals surface area contributed by atoms with Crippen molar-refractivity contribution in [2.24, 2.45) is 5.41 Å². The fourth-order valence-electron chi connectivity index (χ4n) is 5.98. The summed E-state index contributed by atoms with van der Waals surface area (Å²) < 4.78 is 2.22. The molecule has 154 valence electrons. The molecule has 2 amide bonds. The maximum Gasteiger partial charge on any atom is 0.315 e. The van der Waals surface area contributed by atoms with Crippen molar-refractivity contribution in [3.8, 4) is 11.3 Å². The van der Waals surface area contributed by atoms with Crippen LogP contribution >= 0.6 is 0 Å². The Balaban J connectivity index is 1.31. The number of aromatic nitrogens is 2. The minimum Gasteiger partial charge on any atom is -0.392 e. The van der Waals surface area contributed by atoms with Crippen molar-refractivity contribution < 1.29 is 9.90 Å². The van der Waals surface area contributed by atoms with E-state index in [2.05, 4.69) is 44.5 Å². The average molecular weight is 395 g/mol. The molecule has 29 heavy (non-hydrogen) atoms. The third kappa shape index (κ3) is 2.96. The lowest BCUT2D eigenvalue weighted by Crippen LogP contribution is -2.60. The molecule has 3 aliphatic carbocycles. The van der Waals surface area contributed by atoms with Crippen LogP contribution in [0.25, 0.3) is 11.3 Å². The highest BCUT2D eigenvalue weighted by Crippen LogP contribution is 2.56. The summed E-state index contributed by atoms with van der Waals surface area (Å²) in [5, 5.41) is 17.5. The maximum atomic E-state index is 12.1. The van der Waals surface area contributed by atoms with Gasteiger partial charge in [-0.2, -0.15) is 0 Å². The molecule has 2 bridgehead atoms. The Morgan fingerprint density at radius 2 is 1.97 bits per heavy atom. The van der Waals surface area contributed by atoms with Crippen LogP contribution < -0.4 is 10.6 Å².